The summed E-state index contributed by atoms with van der Waals surface area (Å²) in [6.45, 7) is 1.88. The maximum atomic E-state index is 12.1. The highest BCUT2D eigenvalue weighted by Crippen LogP contribution is 2.37. The minimum atomic E-state index is -0.553. The Bertz CT molecular complexity index is 1070. The molecule has 2 aromatic carbocycles. The number of aromatic nitrogens is 2. The van der Waals surface area contributed by atoms with E-state index >= 15 is 0 Å². The zero-order valence-electron chi connectivity index (χ0n) is 16.1. The molecule has 0 aliphatic heterocycles. The number of benzene rings is 2. The number of nitro groups is 1. The van der Waals surface area contributed by atoms with E-state index in [1.165, 1.54) is 18.3 Å². The number of hydrogen-bond acceptors (Lipinski definition) is 8. The SMILES string of the molecule is COC(=O)c1ccccc1N(C)c1ncnc(Nc2ccccc2C)c1[N+](=O)[O-]. The number of carbonyl (C=O) groups excluding carboxylic acids is 1. The highest BCUT2D eigenvalue weighted by molar-refractivity contribution is 5.97. The van der Waals surface area contributed by atoms with Crippen LogP contribution in [0.15, 0.2) is 54.9 Å². The maximum absolute atomic E-state index is 12.1. The summed E-state index contributed by atoms with van der Waals surface area (Å²) in [4.78, 5) is 33.1. The van der Waals surface area contributed by atoms with E-state index in [9.17, 15) is 14.9 Å². The minimum absolute atomic E-state index is 0.0393. The normalized spacial score (nSPS) is 10.3. The number of carbonyl (C=O) groups is 1. The lowest BCUT2D eigenvalue weighted by Gasteiger charge is -2.21. The van der Waals surface area contributed by atoms with Crippen molar-refractivity contribution in [1.29, 1.82) is 0 Å². The predicted molar refractivity (Wildman–Crippen MR) is 109 cm³/mol. The third-order valence-corrected chi connectivity index (χ3v) is 4.37. The van der Waals surface area contributed by atoms with Gasteiger partial charge >= 0.3 is 11.7 Å². The molecule has 0 saturated heterocycles. The molecule has 0 saturated carbocycles. The molecule has 1 heterocycles. The molecule has 1 aromatic heterocycles. The van der Waals surface area contributed by atoms with E-state index in [0.717, 1.165) is 5.56 Å². The molecular formula is C20H19N5O4. The molecule has 1 N–H and O–H groups in total. The first-order valence-electron chi connectivity index (χ1n) is 8.67. The molecule has 0 fully saturated rings. The van der Waals surface area contributed by atoms with E-state index < -0.39 is 10.9 Å². The maximum Gasteiger partial charge on any atom is 0.354 e. The van der Waals surface area contributed by atoms with Gasteiger partial charge in [0.15, 0.2) is 0 Å². The molecular weight excluding hydrogens is 374 g/mol. The van der Waals surface area contributed by atoms with Gasteiger partial charge in [-0.15, -0.1) is 0 Å². The number of methoxy groups -OCH3 is 1. The second-order valence-electron chi connectivity index (χ2n) is 6.16. The van der Waals surface area contributed by atoms with Crippen LogP contribution in [0.4, 0.5) is 28.7 Å². The number of ether oxygens (including phenoxy) is 1. The topological polar surface area (TPSA) is 110 Å². The van der Waals surface area contributed by atoms with Crippen LogP contribution in [0.1, 0.15) is 15.9 Å². The molecule has 0 spiro atoms. The standard InChI is InChI=1S/C20H19N5O4/c1-13-8-4-6-10-15(13)23-18-17(25(27)28)19(22-12-21-18)24(2)16-11-7-5-9-14(16)20(26)29-3/h4-12H,1-3H3,(H,21,22,23). The zero-order chi connectivity index (χ0) is 21.0. The quantitative estimate of drug-likeness (QED) is 0.380. The van der Waals surface area contributed by atoms with Gasteiger partial charge in [0.25, 0.3) is 0 Å². The number of hydrogen-bond donors (Lipinski definition) is 1. The Morgan fingerprint density at radius 1 is 1.14 bits per heavy atom. The monoisotopic (exact) mass is 393 g/mol. The lowest BCUT2D eigenvalue weighted by Crippen LogP contribution is -2.18. The first-order chi connectivity index (χ1) is 13.9. The van der Waals surface area contributed by atoms with Crippen molar-refractivity contribution in [3.05, 3.63) is 76.1 Å². The van der Waals surface area contributed by atoms with Crippen molar-refractivity contribution in [3.8, 4) is 0 Å². The summed E-state index contributed by atoms with van der Waals surface area (Å²) in [7, 11) is 2.87. The molecule has 0 atom stereocenters. The minimum Gasteiger partial charge on any atom is -0.465 e. The van der Waals surface area contributed by atoms with Crippen LogP contribution in [-0.4, -0.2) is 35.0 Å². The van der Waals surface area contributed by atoms with Crippen molar-refractivity contribution >= 4 is 34.7 Å². The summed E-state index contributed by atoms with van der Waals surface area (Å²) in [5.74, 6) is -0.462. The first-order valence-corrected chi connectivity index (χ1v) is 8.67. The van der Waals surface area contributed by atoms with Gasteiger partial charge < -0.3 is 15.0 Å². The number of esters is 1. The molecule has 148 valence electrons. The van der Waals surface area contributed by atoms with Gasteiger partial charge in [-0.05, 0) is 30.7 Å². The second-order valence-corrected chi connectivity index (χ2v) is 6.16. The van der Waals surface area contributed by atoms with Gasteiger partial charge in [0.05, 0.1) is 23.3 Å². The van der Waals surface area contributed by atoms with Crippen molar-refractivity contribution in [2.24, 2.45) is 0 Å². The van der Waals surface area contributed by atoms with E-state index in [1.54, 1.807) is 37.4 Å². The Hall–Kier alpha value is -4.01. The van der Waals surface area contributed by atoms with Crippen LogP contribution in [0.5, 0.6) is 0 Å². The van der Waals surface area contributed by atoms with Gasteiger partial charge in [0.2, 0.25) is 11.6 Å². The molecule has 9 heteroatoms. The van der Waals surface area contributed by atoms with Gasteiger partial charge in [-0.1, -0.05) is 30.3 Å². The Morgan fingerprint density at radius 2 is 1.83 bits per heavy atom. The molecule has 0 aliphatic carbocycles. The fourth-order valence-electron chi connectivity index (χ4n) is 2.88. The highest BCUT2D eigenvalue weighted by atomic mass is 16.6. The van der Waals surface area contributed by atoms with Crippen LogP contribution in [0.25, 0.3) is 0 Å². The first kappa shape index (κ1) is 19.7. The van der Waals surface area contributed by atoms with Gasteiger partial charge in [0.1, 0.15) is 6.33 Å². The summed E-state index contributed by atoms with van der Waals surface area (Å²) in [5.41, 5.74) is 1.98. The van der Waals surface area contributed by atoms with Crippen LogP contribution < -0.4 is 10.2 Å². The second kappa shape index (κ2) is 8.34. The van der Waals surface area contributed by atoms with Crippen molar-refractivity contribution in [2.75, 3.05) is 24.4 Å². The molecule has 29 heavy (non-hydrogen) atoms. The van der Waals surface area contributed by atoms with E-state index in [4.69, 9.17) is 4.74 Å². The average Bonchev–Trinajstić information content (AvgIpc) is 2.74. The molecule has 3 rings (SSSR count). The van der Waals surface area contributed by atoms with Crippen LogP contribution in [-0.2, 0) is 4.74 Å². The Balaban J connectivity index is 2.10. The molecule has 0 unspecified atom stereocenters. The Labute approximate surface area is 167 Å². The number of nitrogens with zero attached hydrogens (tertiary/aromatic N) is 4. The Morgan fingerprint density at radius 3 is 2.52 bits per heavy atom. The third kappa shape index (κ3) is 3.98. The molecule has 9 nitrogen and oxygen atoms in total. The number of rotatable bonds is 6. The van der Waals surface area contributed by atoms with Crippen molar-refractivity contribution in [1.82, 2.24) is 9.97 Å². The fourth-order valence-corrected chi connectivity index (χ4v) is 2.88. The summed E-state index contributed by atoms with van der Waals surface area (Å²) in [6.07, 6.45) is 1.24. The number of nitrogens with one attached hydrogen (secondary N) is 1. The van der Waals surface area contributed by atoms with Gasteiger partial charge in [-0.2, -0.15) is 0 Å². The van der Waals surface area contributed by atoms with Gasteiger partial charge in [-0.25, -0.2) is 14.8 Å². The van der Waals surface area contributed by atoms with E-state index in [0.29, 0.717) is 11.4 Å². The number of aryl methyl sites for hydroxylation is 1. The van der Waals surface area contributed by atoms with E-state index in [-0.39, 0.29) is 22.9 Å². The third-order valence-electron chi connectivity index (χ3n) is 4.37. The van der Waals surface area contributed by atoms with Crippen LogP contribution in [0, 0.1) is 17.0 Å². The van der Waals surface area contributed by atoms with Crippen LogP contribution >= 0.6 is 0 Å². The molecule has 0 radical (unpaired) electrons. The lowest BCUT2D eigenvalue weighted by molar-refractivity contribution is -0.383. The number of anilines is 4. The lowest BCUT2D eigenvalue weighted by atomic mass is 10.1. The smallest absolute Gasteiger partial charge is 0.354 e. The fraction of sp³-hybridized carbons (Fsp3) is 0.150. The summed E-state index contributed by atoms with van der Waals surface area (Å²) < 4.78 is 4.81. The molecule has 3 aromatic rings. The van der Waals surface area contributed by atoms with E-state index in [2.05, 4.69) is 15.3 Å². The molecule has 0 amide bonds. The predicted octanol–water partition coefficient (Wildman–Crippen LogP) is 3.99. The van der Waals surface area contributed by atoms with Crippen molar-refractivity contribution < 1.29 is 14.5 Å². The Kier molecular flexibility index (Phi) is 5.68. The summed E-state index contributed by atoms with van der Waals surface area (Å²) in [6, 6.07) is 14.0. The van der Waals surface area contributed by atoms with E-state index in [1.807, 2.05) is 25.1 Å². The molecule has 0 aliphatic rings. The highest BCUT2D eigenvalue weighted by Gasteiger charge is 2.28. The molecule has 0 bridgehead atoms. The van der Waals surface area contributed by atoms with Gasteiger partial charge in [-0.3, -0.25) is 10.1 Å². The average molecular weight is 393 g/mol. The largest absolute Gasteiger partial charge is 0.465 e. The van der Waals surface area contributed by atoms with Gasteiger partial charge in [0, 0.05) is 12.7 Å². The van der Waals surface area contributed by atoms with Crippen LogP contribution in [0.2, 0.25) is 0 Å². The summed E-state index contributed by atoms with van der Waals surface area (Å²) in [5, 5.41) is 14.9. The van der Waals surface area contributed by atoms with Crippen molar-refractivity contribution in [2.45, 2.75) is 6.92 Å². The number of para-hydroxylation sites is 2. The van der Waals surface area contributed by atoms with Crippen molar-refractivity contribution in [3.63, 3.8) is 0 Å². The zero-order valence-corrected chi connectivity index (χ0v) is 16.1. The summed E-state index contributed by atoms with van der Waals surface area (Å²) >= 11 is 0. The van der Waals surface area contributed by atoms with Crippen LogP contribution in [0.3, 0.4) is 0 Å².